The summed E-state index contributed by atoms with van der Waals surface area (Å²) in [5.41, 5.74) is 4.03. The average molecular weight is 228 g/mol. The van der Waals surface area contributed by atoms with Gasteiger partial charge in [0.25, 0.3) is 0 Å². The zero-order valence-corrected chi connectivity index (χ0v) is 10.9. The third-order valence-corrected chi connectivity index (χ3v) is 3.39. The lowest BCUT2D eigenvalue weighted by atomic mass is 9.91. The second-order valence-corrected chi connectivity index (χ2v) is 4.55. The minimum Gasteiger partial charge on any atom is -0.306 e. The van der Waals surface area contributed by atoms with Crippen molar-refractivity contribution in [3.63, 3.8) is 0 Å². The van der Waals surface area contributed by atoms with Crippen LogP contribution in [-0.2, 0) is 0 Å². The van der Waals surface area contributed by atoms with Crippen molar-refractivity contribution in [1.29, 1.82) is 0 Å². The van der Waals surface area contributed by atoms with Crippen LogP contribution in [0.15, 0.2) is 36.9 Å². The molecule has 0 atom stereocenters. The predicted molar refractivity (Wildman–Crippen MR) is 71.6 cm³/mol. The van der Waals surface area contributed by atoms with Crippen molar-refractivity contribution in [2.24, 2.45) is 0 Å². The molecule has 17 heavy (non-hydrogen) atoms. The van der Waals surface area contributed by atoms with Gasteiger partial charge in [0.15, 0.2) is 0 Å². The smallest absolute Gasteiger partial charge is 0.0991 e. The van der Waals surface area contributed by atoms with Crippen LogP contribution in [0.3, 0.4) is 0 Å². The maximum atomic E-state index is 4.14. The number of aryl methyl sites for hydroxylation is 1. The topological polar surface area (TPSA) is 17.8 Å². The highest BCUT2D eigenvalue weighted by atomic mass is 15.0. The molecule has 0 saturated carbocycles. The van der Waals surface area contributed by atoms with Crippen LogP contribution < -0.4 is 0 Å². The van der Waals surface area contributed by atoms with E-state index in [2.05, 4.69) is 48.5 Å². The van der Waals surface area contributed by atoms with Crippen LogP contribution in [0.25, 0.3) is 5.69 Å². The molecule has 0 radical (unpaired) electrons. The Balaban J connectivity index is 2.51. The van der Waals surface area contributed by atoms with Crippen molar-refractivity contribution in [1.82, 2.24) is 9.55 Å². The molecule has 2 heteroatoms. The Kier molecular flexibility index (Phi) is 3.62. The van der Waals surface area contributed by atoms with Crippen molar-refractivity contribution < 1.29 is 0 Å². The summed E-state index contributed by atoms with van der Waals surface area (Å²) in [4.78, 5) is 4.14. The SMILES string of the molecule is CCC(CC)c1cc(C)ccc1-n1ccnc1. The minimum atomic E-state index is 0.632. The summed E-state index contributed by atoms with van der Waals surface area (Å²) in [5, 5.41) is 0. The third kappa shape index (κ3) is 2.41. The number of aromatic nitrogens is 2. The van der Waals surface area contributed by atoms with Crippen molar-refractivity contribution in [3.05, 3.63) is 48.0 Å². The van der Waals surface area contributed by atoms with Crippen molar-refractivity contribution in [2.75, 3.05) is 0 Å². The fourth-order valence-corrected chi connectivity index (χ4v) is 2.37. The lowest BCUT2D eigenvalue weighted by Gasteiger charge is -2.18. The van der Waals surface area contributed by atoms with Gasteiger partial charge in [-0.15, -0.1) is 0 Å². The molecule has 0 unspecified atom stereocenters. The second-order valence-electron chi connectivity index (χ2n) is 4.55. The van der Waals surface area contributed by atoms with Crippen molar-refractivity contribution in [3.8, 4) is 5.69 Å². The quantitative estimate of drug-likeness (QED) is 0.771. The molecule has 2 rings (SSSR count). The molecular formula is C15H20N2. The molecule has 90 valence electrons. The Morgan fingerprint density at radius 2 is 2.00 bits per heavy atom. The number of imidazole rings is 1. The summed E-state index contributed by atoms with van der Waals surface area (Å²) in [6, 6.07) is 6.68. The number of hydrogen-bond donors (Lipinski definition) is 0. The van der Waals surface area contributed by atoms with E-state index in [4.69, 9.17) is 0 Å². The van der Waals surface area contributed by atoms with E-state index in [-0.39, 0.29) is 0 Å². The molecular weight excluding hydrogens is 208 g/mol. The molecule has 1 heterocycles. The van der Waals surface area contributed by atoms with Crippen molar-refractivity contribution in [2.45, 2.75) is 39.5 Å². The minimum absolute atomic E-state index is 0.632. The van der Waals surface area contributed by atoms with Gasteiger partial charge in [0.05, 0.1) is 6.33 Å². The Labute approximate surface area is 103 Å². The van der Waals surface area contributed by atoms with Gasteiger partial charge in [-0.2, -0.15) is 0 Å². The molecule has 0 N–H and O–H groups in total. The zero-order valence-electron chi connectivity index (χ0n) is 10.9. The van der Waals surface area contributed by atoms with Crippen LogP contribution >= 0.6 is 0 Å². The molecule has 1 aromatic heterocycles. The maximum Gasteiger partial charge on any atom is 0.0991 e. The molecule has 2 aromatic rings. The highest BCUT2D eigenvalue weighted by Crippen LogP contribution is 2.29. The van der Waals surface area contributed by atoms with Crippen LogP contribution in [-0.4, -0.2) is 9.55 Å². The van der Waals surface area contributed by atoms with Gasteiger partial charge in [0.2, 0.25) is 0 Å². The van der Waals surface area contributed by atoms with Gasteiger partial charge in [0, 0.05) is 18.1 Å². The molecule has 0 amide bonds. The standard InChI is InChI=1S/C15H20N2/c1-4-13(5-2)14-10-12(3)6-7-15(14)17-9-8-16-11-17/h6-11,13H,4-5H2,1-3H3. The largest absolute Gasteiger partial charge is 0.306 e. The summed E-state index contributed by atoms with van der Waals surface area (Å²) >= 11 is 0. The summed E-state index contributed by atoms with van der Waals surface area (Å²) in [7, 11) is 0. The van der Waals surface area contributed by atoms with E-state index >= 15 is 0 Å². The molecule has 0 aliphatic heterocycles. The molecule has 0 saturated heterocycles. The van der Waals surface area contributed by atoms with Gasteiger partial charge >= 0.3 is 0 Å². The Morgan fingerprint density at radius 3 is 2.59 bits per heavy atom. The highest BCUT2D eigenvalue weighted by molar-refractivity contribution is 5.45. The number of benzene rings is 1. The van der Waals surface area contributed by atoms with Crippen LogP contribution in [0.4, 0.5) is 0 Å². The number of hydrogen-bond acceptors (Lipinski definition) is 1. The van der Waals surface area contributed by atoms with Crippen LogP contribution in [0, 0.1) is 6.92 Å². The summed E-state index contributed by atoms with van der Waals surface area (Å²) in [5.74, 6) is 0.632. The van der Waals surface area contributed by atoms with E-state index in [1.54, 1.807) is 0 Å². The average Bonchev–Trinajstić information content (AvgIpc) is 2.84. The van der Waals surface area contributed by atoms with Gasteiger partial charge < -0.3 is 4.57 Å². The summed E-state index contributed by atoms with van der Waals surface area (Å²) in [6.07, 6.45) is 8.08. The monoisotopic (exact) mass is 228 g/mol. The number of nitrogens with zero attached hydrogens (tertiary/aromatic N) is 2. The third-order valence-electron chi connectivity index (χ3n) is 3.39. The van der Waals surface area contributed by atoms with E-state index < -0.39 is 0 Å². The molecule has 0 aliphatic rings. The highest BCUT2D eigenvalue weighted by Gasteiger charge is 2.13. The van der Waals surface area contributed by atoms with E-state index in [1.165, 1.54) is 29.7 Å². The Bertz CT molecular complexity index is 468. The van der Waals surface area contributed by atoms with Gasteiger partial charge in [-0.25, -0.2) is 4.98 Å². The van der Waals surface area contributed by atoms with Crippen LogP contribution in [0.1, 0.15) is 43.7 Å². The Morgan fingerprint density at radius 1 is 1.24 bits per heavy atom. The molecule has 0 spiro atoms. The number of rotatable bonds is 4. The molecule has 2 nitrogen and oxygen atoms in total. The predicted octanol–water partition coefficient (Wildman–Crippen LogP) is 4.08. The first-order chi connectivity index (χ1) is 8.26. The lowest BCUT2D eigenvalue weighted by Crippen LogP contribution is -2.03. The fraction of sp³-hybridized carbons (Fsp3) is 0.400. The fourth-order valence-electron chi connectivity index (χ4n) is 2.37. The van der Waals surface area contributed by atoms with Gasteiger partial charge in [-0.3, -0.25) is 0 Å². The lowest BCUT2D eigenvalue weighted by molar-refractivity contribution is 0.637. The first-order valence-electron chi connectivity index (χ1n) is 6.35. The normalized spacial score (nSPS) is 11.1. The van der Waals surface area contributed by atoms with Crippen molar-refractivity contribution >= 4 is 0 Å². The van der Waals surface area contributed by atoms with E-state index in [1.807, 2.05) is 18.7 Å². The second kappa shape index (κ2) is 5.17. The van der Waals surface area contributed by atoms with Crippen LogP contribution in [0.2, 0.25) is 0 Å². The molecule has 1 aromatic carbocycles. The summed E-state index contributed by atoms with van der Waals surface area (Å²) in [6.45, 7) is 6.67. The van der Waals surface area contributed by atoms with E-state index in [0.29, 0.717) is 5.92 Å². The van der Waals surface area contributed by atoms with E-state index in [0.717, 1.165) is 0 Å². The molecule has 0 bridgehead atoms. The Hall–Kier alpha value is -1.57. The van der Waals surface area contributed by atoms with E-state index in [9.17, 15) is 0 Å². The van der Waals surface area contributed by atoms with Gasteiger partial charge in [0.1, 0.15) is 0 Å². The van der Waals surface area contributed by atoms with Crippen LogP contribution in [0.5, 0.6) is 0 Å². The summed E-state index contributed by atoms with van der Waals surface area (Å²) < 4.78 is 2.10. The van der Waals surface area contributed by atoms with Gasteiger partial charge in [-0.05, 0) is 37.3 Å². The first kappa shape index (κ1) is 11.9. The van der Waals surface area contributed by atoms with Gasteiger partial charge in [-0.1, -0.05) is 31.5 Å². The maximum absolute atomic E-state index is 4.14. The molecule has 0 aliphatic carbocycles. The molecule has 0 fully saturated rings. The zero-order chi connectivity index (χ0) is 12.3. The first-order valence-corrected chi connectivity index (χ1v) is 6.35.